The fraction of sp³-hybridized carbons (Fsp3) is 0.571. The van der Waals surface area contributed by atoms with Gasteiger partial charge in [0.05, 0.1) is 0 Å². The first-order valence-electron chi connectivity index (χ1n) is 6.45. The van der Waals surface area contributed by atoms with E-state index in [1.54, 1.807) is 0 Å². The van der Waals surface area contributed by atoms with Gasteiger partial charge in [-0.15, -0.1) is 0 Å². The van der Waals surface area contributed by atoms with Gasteiger partial charge in [0, 0.05) is 30.6 Å². The zero-order valence-electron chi connectivity index (χ0n) is 10.5. The molecule has 94 valence electrons. The molecule has 0 amide bonds. The summed E-state index contributed by atoms with van der Waals surface area (Å²) in [4.78, 5) is 2.41. The van der Waals surface area contributed by atoms with E-state index >= 15 is 0 Å². The van der Waals surface area contributed by atoms with Gasteiger partial charge in [-0.05, 0) is 56.4 Å². The van der Waals surface area contributed by atoms with Crippen molar-refractivity contribution in [3.05, 3.63) is 23.8 Å². The van der Waals surface area contributed by atoms with Crippen LogP contribution in [-0.2, 0) is 0 Å². The SMILES string of the molecule is Cc1cc(N)cc(N2CCCCC2CCO)c1. The number of nitrogens with two attached hydrogens (primary N) is 1. The maximum absolute atomic E-state index is 9.14. The molecule has 3 N–H and O–H groups in total. The Hall–Kier alpha value is -1.22. The average Bonchev–Trinajstić information content (AvgIpc) is 2.29. The lowest BCUT2D eigenvalue weighted by Gasteiger charge is -2.37. The van der Waals surface area contributed by atoms with Crippen LogP contribution in [0.1, 0.15) is 31.2 Å². The normalized spacial score (nSPS) is 20.6. The number of aliphatic hydroxyl groups excluding tert-OH is 1. The summed E-state index contributed by atoms with van der Waals surface area (Å²) >= 11 is 0. The zero-order chi connectivity index (χ0) is 12.3. The summed E-state index contributed by atoms with van der Waals surface area (Å²) < 4.78 is 0. The first-order chi connectivity index (χ1) is 8.20. The maximum Gasteiger partial charge on any atom is 0.0450 e. The highest BCUT2D eigenvalue weighted by atomic mass is 16.3. The van der Waals surface area contributed by atoms with E-state index in [2.05, 4.69) is 17.9 Å². The van der Waals surface area contributed by atoms with Crippen molar-refractivity contribution in [3.63, 3.8) is 0 Å². The van der Waals surface area contributed by atoms with Gasteiger partial charge in [-0.25, -0.2) is 0 Å². The van der Waals surface area contributed by atoms with E-state index in [9.17, 15) is 0 Å². The minimum Gasteiger partial charge on any atom is -0.399 e. The molecule has 1 aliphatic rings. The van der Waals surface area contributed by atoms with E-state index in [0.717, 1.165) is 18.7 Å². The van der Waals surface area contributed by atoms with Crippen LogP contribution in [0, 0.1) is 6.92 Å². The first-order valence-corrected chi connectivity index (χ1v) is 6.45. The molecule has 1 aromatic carbocycles. The number of hydrogen-bond acceptors (Lipinski definition) is 3. The summed E-state index contributed by atoms with van der Waals surface area (Å²) in [6.45, 7) is 3.42. The van der Waals surface area contributed by atoms with Crippen molar-refractivity contribution in [1.29, 1.82) is 0 Å². The number of hydrogen-bond donors (Lipinski definition) is 2. The number of benzene rings is 1. The summed E-state index contributed by atoms with van der Waals surface area (Å²) in [6, 6.07) is 6.69. The minimum absolute atomic E-state index is 0.266. The predicted molar refractivity (Wildman–Crippen MR) is 72.3 cm³/mol. The lowest BCUT2D eigenvalue weighted by Crippen LogP contribution is -2.40. The van der Waals surface area contributed by atoms with Crippen LogP contribution >= 0.6 is 0 Å². The number of nitrogen functional groups attached to an aromatic ring is 1. The zero-order valence-corrected chi connectivity index (χ0v) is 10.5. The number of rotatable bonds is 3. The van der Waals surface area contributed by atoms with Crippen LogP contribution in [0.5, 0.6) is 0 Å². The predicted octanol–water partition coefficient (Wildman–Crippen LogP) is 2.32. The molecule has 1 aromatic rings. The number of aliphatic hydroxyl groups is 1. The fourth-order valence-electron chi connectivity index (χ4n) is 2.75. The van der Waals surface area contributed by atoms with E-state index < -0.39 is 0 Å². The molecule has 0 saturated carbocycles. The molecule has 0 aliphatic carbocycles. The van der Waals surface area contributed by atoms with E-state index in [4.69, 9.17) is 10.8 Å². The molecule has 0 radical (unpaired) electrons. The van der Waals surface area contributed by atoms with Crippen LogP contribution in [0.25, 0.3) is 0 Å². The third kappa shape index (κ3) is 2.91. The number of anilines is 2. The Morgan fingerprint density at radius 1 is 1.35 bits per heavy atom. The molecule has 1 atom stereocenters. The number of aryl methyl sites for hydroxylation is 1. The second kappa shape index (κ2) is 5.41. The molecule has 1 saturated heterocycles. The molecule has 1 unspecified atom stereocenters. The van der Waals surface area contributed by atoms with Crippen molar-refractivity contribution in [3.8, 4) is 0 Å². The third-order valence-corrected chi connectivity index (χ3v) is 3.51. The summed E-state index contributed by atoms with van der Waals surface area (Å²) in [6.07, 6.45) is 4.53. The summed E-state index contributed by atoms with van der Waals surface area (Å²) in [5, 5.41) is 9.14. The van der Waals surface area contributed by atoms with Crippen molar-refractivity contribution in [1.82, 2.24) is 0 Å². The van der Waals surface area contributed by atoms with Crippen LogP contribution < -0.4 is 10.6 Å². The maximum atomic E-state index is 9.14. The van der Waals surface area contributed by atoms with E-state index in [1.807, 2.05) is 12.1 Å². The Kier molecular flexibility index (Phi) is 3.89. The second-order valence-electron chi connectivity index (χ2n) is 4.96. The molecule has 1 heterocycles. The molecule has 0 spiro atoms. The van der Waals surface area contributed by atoms with Crippen molar-refractivity contribution in [2.75, 3.05) is 23.8 Å². The topological polar surface area (TPSA) is 49.5 Å². The lowest BCUT2D eigenvalue weighted by molar-refractivity contribution is 0.262. The van der Waals surface area contributed by atoms with Gasteiger partial charge in [-0.1, -0.05) is 0 Å². The minimum atomic E-state index is 0.266. The van der Waals surface area contributed by atoms with Gasteiger partial charge in [-0.3, -0.25) is 0 Å². The Balaban J connectivity index is 2.22. The standard InChI is InChI=1S/C14H22N2O/c1-11-8-12(15)10-14(9-11)16-6-3-2-4-13(16)5-7-17/h8-10,13,17H,2-7,15H2,1H3. The molecule has 3 nitrogen and oxygen atoms in total. The van der Waals surface area contributed by atoms with Crippen molar-refractivity contribution in [2.24, 2.45) is 0 Å². The first kappa shape index (κ1) is 12.2. The Labute approximate surface area is 103 Å². The van der Waals surface area contributed by atoms with Crippen LogP contribution in [-0.4, -0.2) is 24.3 Å². The summed E-state index contributed by atoms with van der Waals surface area (Å²) in [7, 11) is 0. The van der Waals surface area contributed by atoms with Gasteiger partial charge in [0.15, 0.2) is 0 Å². The molecular formula is C14H22N2O. The van der Waals surface area contributed by atoms with Crippen LogP contribution in [0.4, 0.5) is 11.4 Å². The van der Waals surface area contributed by atoms with Crippen LogP contribution in [0.2, 0.25) is 0 Å². The average molecular weight is 234 g/mol. The fourth-order valence-corrected chi connectivity index (χ4v) is 2.75. The van der Waals surface area contributed by atoms with Gasteiger partial charge >= 0.3 is 0 Å². The van der Waals surface area contributed by atoms with Crippen molar-refractivity contribution in [2.45, 2.75) is 38.6 Å². The Bertz CT molecular complexity index is 356. The summed E-state index contributed by atoms with van der Waals surface area (Å²) in [5.74, 6) is 0. The van der Waals surface area contributed by atoms with Gasteiger partial charge in [0.25, 0.3) is 0 Å². The van der Waals surface area contributed by atoms with Gasteiger partial charge in [-0.2, -0.15) is 0 Å². The number of nitrogens with zero attached hydrogens (tertiary/aromatic N) is 1. The highest BCUT2D eigenvalue weighted by Crippen LogP contribution is 2.28. The van der Waals surface area contributed by atoms with Gasteiger partial charge < -0.3 is 15.7 Å². The molecule has 0 bridgehead atoms. The third-order valence-electron chi connectivity index (χ3n) is 3.51. The summed E-state index contributed by atoms with van der Waals surface area (Å²) in [5.41, 5.74) is 9.15. The molecular weight excluding hydrogens is 212 g/mol. The highest BCUT2D eigenvalue weighted by Gasteiger charge is 2.22. The second-order valence-corrected chi connectivity index (χ2v) is 4.96. The highest BCUT2D eigenvalue weighted by molar-refractivity contribution is 5.59. The van der Waals surface area contributed by atoms with E-state index in [1.165, 1.54) is 30.5 Å². The van der Waals surface area contributed by atoms with Crippen molar-refractivity contribution < 1.29 is 5.11 Å². The van der Waals surface area contributed by atoms with E-state index in [0.29, 0.717) is 6.04 Å². The van der Waals surface area contributed by atoms with Crippen molar-refractivity contribution >= 4 is 11.4 Å². The molecule has 2 rings (SSSR count). The largest absolute Gasteiger partial charge is 0.399 e. The quantitative estimate of drug-likeness (QED) is 0.789. The van der Waals surface area contributed by atoms with Gasteiger partial charge in [0.2, 0.25) is 0 Å². The molecule has 0 aromatic heterocycles. The van der Waals surface area contributed by atoms with Gasteiger partial charge in [0.1, 0.15) is 0 Å². The Morgan fingerprint density at radius 3 is 2.88 bits per heavy atom. The molecule has 1 fully saturated rings. The smallest absolute Gasteiger partial charge is 0.0450 e. The monoisotopic (exact) mass is 234 g/mol. The van der Waals surface area contributed by atoms with Crippen LogP contribution in [0.3, 0.4) is 0 Å². The lowest BCUT2D eigenvalue weighted by atomic mass is 9.98. The molecule has 1 aliphatic heterocycles. The Morgan fingerprint density at radius 2 is 2.18 bits per heavy atom. The van der Waals surface area contributed by atoms with E-state index in [-0.39, 0.29) is 6.61 Å². The molecule has 17 heavy (non-hydrogen) atoms. The molecule has 3 heteroatoms. The van der Waals surface area contributed by atoms with Crippen LogP contribution in [0.15, 0.2) is 18.2 Å². The number of piperidine rings is 1.